The van der Waals surface area contributed by atoms with Crippen molar-refractivity contribution in [3.8, 4) is 17.2 Å². The molecule has 6 heteroatoms. The van der Waals surface area contributed by atoms with E-state index in [0.717, 1.165) is 34.6 Å². The van der Waals surface area contributed by atoms with Gasteiger partial charge in [0.2, 0.25) is 16.6 Å². The first-order chi connectivity index (χ1) is 21.9. The predicted molar refractivity (Wildman–Crippen MR) is 205 cm³/mol. The Hall–Kier alpha value is -3.75. The molecule has 4 rings (SSSR count). The number of allylic oxidation sites excluding steroid dienone is 6. The van der Waals surface area contributed by atoms with Crippen molar-refractivity contribution in [2.45, 2.75) is 91.2 Å². The van der Waals surface area contributed by atoms with E-state index in [1.165, 1.54) is 16.7 Å². The molecule has 0 bridgehead atoms. The molecule has 0 aromatic heterocycles. The summed E-state index contributed by atoms with van der Waals surface area (Å²) in [6, 6.07) is 25.4. The van der Waals surface area contributed by atoms with Gasteiger partial charge >= 0.3 is 0 Å². The van der Waals surface area contributed by atoms with Gasteiger partial charge in [0.05, 0.1) is 0 Å². The Morgan fingerprint density at radius 1 is 0.596 bits per heavy atom. The number of aliphatic hydroxyl groups is 1. The number of hydrogen-bond donors (Lipinski definition) is 1. The summed E-state index contributed by atoms with van der Waals surface area (Å²) in [5.41, 5.74) is 6.59. The van der Waals surface area contributed by atoms with Gasteiger partial charge in [-0.1, -0.05) is 109 Å². The van der Waals surface area contributed by atoms with E-state index in [9.17, 15) is 5.11 Å². The second kappa shape index (κ2) is 14.2. The lowest BCUT2D eigenvalue weighted by molar-refractivity contribution is 0.269. The molecule has 0 fully saturated rings. The molecule has 3 aromatic carbocycles. The fraction of sp³-hybridized carbons (Fsp3) is 0.366. The molecule has 0 saturated heterocycles. The fourth-order valence-electron chi connectivity index (χ4n) is 4.87. The Morgan fingerprint density at radius 2 is 0.979 bits per heavy atom. The van der Waals surface area contributed by atoms with Crippen molar-refractivity contribution in [2.75, 3.05) is 6.61 Å². The van der Waals surface area contributed by atoms with Gasteiger partial charge in [0.25, 0.3) is 0 Å². The molecular formula is C41H54O4Si2. The van der Waals surface area contributed by atoms with Gasteiger partial charge in [0.15, 0.2) is 0 Å². The van der Waals surface area contributed by atoms with Crippen LogP contribution in [0.3, 0.4) is 0 Å². The second-order valence-electron chi connectivity index (χ2n) is 15.4. The highest BCUT2D eigenvalue weighted by Crippen LogP contribution is 2.41. The van der Waals surface area contributed by atoms with Crippen LogP contribution in [0.1, 0.15) is 71.6 Å². The van der Waals surface area contributed by atoms with Gasteiger partial charge in [-0.05, 0) is 107 Å². The minimum Gasteiger partial charge on any atom is -0.544 e. The van der Waals surface area contributed by atoms with Crippen molar-refractivity contribution < 1.29 is 18.7 Å². The van der Waals surface area contributed by atoms with Crippen molar-refractivity contribution in [3.63, 3.8) is 0 Å². The third-order valence-corrected chi connectivity index (χ3v) is 18.6. The third-order valence-electron chi connectivity index (χ3n) is 9.87. The van der Waals surface area contributed by atoms with E-state index in [4.69, 9.17) is 13.6 Å². The highest BCUT2D eigenvalue weighted by Gasteiger charge is 2.39. The molecular weight excluding hydrogens is 613 g/mol. The molecule has 4 nitrogen and oxygen atoms in total. The van der Waals surface area contributed by atoms with Gasteiger partial charge in [0, 0.05) is 5.57 Å². The lowest BCUT2D eigenvalue weighted by atomic mass is 9.88. The largest absolute Gasteiger partial charge is 0.544 e. The lowest BCUT2D eigenvalue weighted by Crippen LogP contribution is -2.43. The summed E-state index contributed by atoms with van der Waals surface area (Å²) in [7, 11) is -3.91. The standard InChI is InChI=1S/C41H54O4Si2/c1-12-37(30-17-25-35(26-18-30)44-46(8,9)40(2,3)4)39(33-21-27-36(28-22-33)45-47(10,11)41(5,6)7)32-19-23-34(24-20-32)43-29-38(42)31-15-13-14-16-31/h13-28,42H,12,29H2,1-11H3/b39-37-. The van der Waals surface area contributed by atoms with Crippen LogP contribution < -0.4 is 13.6 Å². The van der Waals surface area contributed by atoms with Gasteiger partial charge < -0.3 is 18.7 Å². The molecule has 1 aliphatic carbocycles. The Morgan fingerprint density at radius 3 is 1.36 bits per heavy atom. The summed E-state index contributed by atoms with van der Waals surface area (Å²) in [6.45, 7) is 25.0. The molecule has 3 aromatic rings. The van der Waals surface area contributed by atoms with Crippen LogP contribution in [0.5, 0.6) is 17.2 Å². The SMILES string of the molecule is CC/C(=C(\c1ccc(OCC(O)=C2C=CC=C2)cc1)c1ccc(O[Si](C)(C)C(C)(C)C)cc1)c1ccc(O[Si](C)(C)C(C)(C)C)cc1. The maximum atomic E-state index is 10.4. The topological polar surface area (TPSA) is 47.9 Å². The van der Waals surface area contributed by atoms with Gasteiger partial charge in [-0.15, -0.1) is 0 Å². The van der Waals surface area contributed by atoms with E-state index in [1.54, 1.807) is 0 Å². The maximum Gasteiger partial charge on any atom is 0.250 e. The zero-order valence-corrected chi connectivity index (χ0v) is 32.3. The molecule has 250 valence electrons. The molecule has 0 aliphatic heterocycles. The van der Waals surface area contributed by atoms with Gasteiger partial charge in [-0.3, -0.25) is 0 Å². The molecule has 0 unspecified atom stereocenters. The van der Waals surface area contributed by atoms with E-state index in [1.807, 2.05) is 36.4 Å². The molecule has 0 saturated carbocycles. The minimum absolute atomic E-state index is 0.116. The average molecular weight is 667 g/mol. The summed E-state index contributed by atoms with van der Waals surface area (Å²) in [6.07, 6.45) is 8.40. The molecule has 0 radical (unpaired) electrons. The van der Waals surface area contributed by atoms with Gasteiger partial charge in [0.1, 0.15) is 29.6 Å². The second-order valence-corrected chi connectivity index (χ2v) is 24.9. The maximum absolute atomic E-state index is 10.4. The Kier molecular flexibility index (Phi) is 10.9. The molecule has 0 atom stereocenters. The summed E-state index contributed by atoms with van der Waals surface area (Å²) in [5.74, 6) is 2.76. The zero-order valence-electron chi connectivity index (χ0n) is 30.3. The first kappa shape index (κ1) is 36.1. The summed E-state index contributed by atoms with van der Waals surface area (Å²) in [4.78, 5) is 0. The van der Waals surface area contributed by atoms with E-state index in [0.29, 0.717) is 5.75 Å². The quantitative estimate of drug-likeness (QED) is 0.126. The first-order valence-corrected chi connectivity index (χ1v) is 22.6. The summed E-state index contributed by atoms with van der Waals surface area (Å²) >= 11 is 0. The van der Waals surface area contributed by atoms with Crippen LogP contribution in [0.4, 0.5) is 0 Å². The predicted octanol–water partition coefficient (Wildman–Crippen LogP) is 12.1. The van der Waals surface area contributed by atoms with Crippen LogP contribution in [-0.2, 0) is 0 Å². The Labute approximate surface area is 285 Å². The lowest BCUT2D eigenvalue weighted by Gasteiger charge is -2.36. The van der Waals surface area contributed by atoms with Crippen molar-refractivity contribution in [1.29, 1.82) is 0 Å². The molecule has 1 aliphatic rings. The third kappa shape index (κ3) is 8.79. The zero-order chi connectivity index (χ0) is 34.6. The molecule has 0 heterocycles. The smallest absolute Gasteiger partial charge is 0.250 e. The summed E-state index contributed by atoms with van der Waals surface area (Å²) < 4.78 is 19.2. The van der Waals surface area contributed by atoms with Gasteiger partial charge in [-0.2, -0.15) is 0 Å². The van der Waals surface area contributed by atoms with E-state index in [-0.39, 0.29) is 22.4 Å². The first-order valence-electron chi connectivity index (χ1n) is 16.7. The molecule has 1 N–H and O–H groups in total. The fourth-order valence-corrected chi connectivity index (χ4v) is 6.93. The van der Waals surface area contributed by atoms with Crippen molar-refractivity contribution in [3.05, 3.63) is 125 Å². The van der Waals surface area contributed by atoms with Crippen LogP contribution in [0.2, 0.25) is 36.3 Å². The normalized spacial score (nSPS) is 14.2. The average Bonchev–Trinajstić information content (AvgIpc) is 3.54. The van der Waals surface area contributed by atoms with Crippen LogP contribution in [-0.4, -0.2) is 28.3 Å². The van der Waals surface area contributed by atoms with Crippen molar-refractivity contribution in [2.24, 2.45) is 0 Å². The molecule has 0 amide bonds. The Balaban J connectivity index is 1.72. The van der Waals surface area contributed by atoms with Crippen molar-refractivity contribution >= 4 is 27.8 Å². The summed E-state index contributed by atoms with van der Waals surface area (Å²) in [5, 5.41) is 10.7. The highest BCUT2D eigenvalue weighted by molar-refractivity contribution is 6.75. The van der Waals surface area contributed by atoms with Gasteiger partial charge in [-0.25, -0.2) is 0 Å². The van der Waals surface area contributed by atoms with Crippen LogP contribution in [0.25, 0.3) is 11.1 Å². The number of hydrogen-bond acceptors (Lipinski definition) is 4. The van der Waals surface area contributed by atoms with E-state index < -0.39 is 16.6 Å². The molecule has 47 heavy (non-hydrogen) atoms. The van der Waals surface area contributed by atoms with Crippen LogP contribution >= 0.6 is 0 Å². The number of benzene rings is 3. The number of ether oxygens (including phenoxy) is 1. The van der Waals surface area contributed by atoms with E-state index >= 15 is 0 Å². The van der Waals surface area contributed by atoms with Crippen LogP contribution in [0.15, 0.2) is 108 Å². The Bertz CT molecular complexity index is 1630. The van der Waals surface area contributed by atoms with Crippen molar-refractivity contribution in [1.82, 2.24) is 0 Å². The number of rotatable bonds is 11. The van der Waals surface area contributed by atoms with E-state index in [2.05, 4.69) is 135 Å². The highest BCUT2D eigenvalue weighted by atomic mass is 28.4. The minimum atomic E-state index is -1.96. The monoisotopic (exact) mass is 666 g/mol. The van der Waals surface area contributed by atoms with Crippen LogP contribution in [0, 0.1) is 0 Å². The number of aliphatic hydroxyl groups excluding tert-OH is 1. The molecule has 0 spiro atoms.